The van der Waals surface area contributed by atoms with Gasteiger partial charge in [-0.2, -0.15) is 4.80 Å². The van der Waals surface area contributed by atoms with E-state index in [1.165, 1.54) is 31.0 Å². The number of sulfone groups is 1. The highest BCUT2D eigenvalue weighted by atomic mass is 32.2. The molecule has 0 aliphatic rings. The molecule has 0 spiro atoms. The number of benzene rings is 4. The van der Waals surface area contributed by atoms with Crippen molar-refractivity contribution < 1.29 is 26.3 Å². The number of aromatic nitrogens is 6. The molecule has 6 aromatic rings. The lowest BCUT2D eigenvalue weighted by atomic mass is 9.98. The molecule has 2 heterocycles. The van der Waals surface area contributed by atoms with Crippen molar-refractivity contribution in [3.8, 4) is 34.0 Å². The second kappa shape index (κ2) is 13.9. The Bertz CT molecular complexity index is 2380. The van der Waals surface area contributed by atoms with Crippen molar-refractivity contribution in [3.05, 3.63) is 90.0 Å². The number of sulfonamides is 1. The van der Waals surface area contributed by atoms with E-state index in [1.807, 2.05) is 12.1 Å². The lowest BCUT2D eigenvalue weighted by Gasteiger charge is -2.20. The molecule has 0 aliphatic heterocycles. The minimum atomic E-state index is -4.63. The molecule has 0 fully saturated rings. The van der Waals surface area contributed by atoms with Crippen LogP contribution in [0.1, 0.15) is 18.1 Å². The molecule has 15 nitrogen and oxygen atoms in total. The Balaban J connectivity index is 1.59. The Morgan fingerprint density at radius 1 is 0.880 bits per heavy atom. The number of ether oxygens (including phenoxy) is 2. The number of hydrogen-bond donors (Lipinski definition) is 4. The van der Waals surface area contributed by atoms with E-state index in [1.54, 1.807) is 61.7 Å². The molecule has 6 N–H and O–H groups in total. The van der Waals surface area contributed by atoms with E-state index < -0.39 is 34.9 Å². The van der Waals surface area contributed by atoms with Gasteiger partial charge in [0, 0.05) is 18.7 Å². The van der Waals surface area contributed by atoms with E-state index in [-0.39, 0.29) is 42.5 Å². The normalized spacial score (nSPS) is 12.6. The molecule has 50 heavy (non-hydrogen) atoms. The Morgan fingerprint density at radius 3 is 2.18 bits per heavy atom. The number of H-pyrrole nitrogens is 1. The SMILES string of the molecule is COc1ccc(CNS(=O)(=O)c2c(S(=O)(=O)[C@H](C)CN)ccc(-c3cccc4[nH]c(N)nc34)c2-c2nnn(Cc3ccc(OC)cc3)n2)cc1. The summed E-state index contributed by atoms with van der Waals surface area (Å²) < 4.78 is 70.2. The van der Waals surface area contributed by atoms with E-state index in [9.17, 15) is 16.8 Å². The van der Waals surface area contributed by atoms with E-state index >= 15 is 0 Å². The molecule has 0 radical (unpaired) electrons. The molecule has 6 rings (SSSR count). The van der Waals surface area contributed by atoms with Gasteiger partial charge >= 0.3 is 0 Å². The van der Waals surface area contributed by atoms with E-state index in [0.717, 1.165) is 5.56 Å². The molecular weight excluding hydrogens is 683 g/mol. The van der Waals surface area contributed by atoms with E-state index in [0.29, 0.717) is 33.7 Å². The first kappa shape index (κ1) is 34.5. The zero-order valence-corrected chi connectivity index (χ0v) is 29.0. The van der Waals surface area contributed by atoms with Crippen LogP contribution in [0.25, 0.3) is 33.5 Å². The van der Waals surface area contributed by atoms with Crippen LogP contribution in [0.2, 0.25) is 0 Å². The molecule has 0 saturated carbocycles. The number of hydrogen-bond acceptors (Lipinski definition) is 12. The molecule has 0 aliphatic carbocycles. The summed E-state index contributed by atoms with van der Waals surface area (Å²) in [5.41, 5.74) is 14.9. The monoisotopic (exact) mass is 717 g/mol. The van der Waals surface area contributed by atoms with Crippen LogP contribution in [0.5, 0.6) is 11.5 Å². The number of nitrogen functional groups attached to an aromatic ring is 1. The Hall–Kier alpha value is -5.36. The molecule has 1 atom stereocenters. The van der Waals surface area contributed by atoms with Gasteiger partial charge in [0.25, 0.3) is 0 Å². The van der Waals surface area contributed by atoms with E-state index in [2.05, 4.69) is 30.1 Å². The van der Waals surface area contributed by atoms with Gasteiger partial charge in [-0.1, -0.05) is 42.5 Å². The van der Waals surface area contributed by atoms with Gasteiger partial charge in [0.05, 0.1) is 47.5 Å². The maximum atomic E-state index is 14.5. The molecular formula is C33H35N9O6S2. The highest BCUT2D eigenvalue weighted by Gasteiger charge is 2.36. The predicted octanol–water partition coefficient (Wildman–Crippen LogP) is 3.13. The molecule has 4 aromatic carbocycles. The van der Waals surface area contributed by atoms with Crippen LogP contribution >= 0.6 is 0 Å². The lowest BCUT2D eigenvalue weighted by Crippen LogP contribution is -2.31. The van der Waals surface area contributed by atoms with Crippen LogP contribution in [0.3, 0.4) is 0 Å². The van der Waals surface area contributed by atoms with Crippen LogP contribution in [-0.2, 0) is 33.0 Å². The van der Waals surface area contributed by atoms with Crippen LogP contribution in [0.4, 0.5) is 5.95 Å². The lowest BCUT2D eigenvalue weighted by molar-refractivity contribution is 0.414. The number of rotatable bonds is 13. The minimum Gasteiger partial charge on any atom is -0.497 e. The highest BCUT2D eigenvalue weighted by molar-refractivity contribution is 7.94. The fraction of sp³-hybridized carbons (Fsp3) is 0.212. The van der Waals surface area contributed by atoms with Gasteiger partial charge in [-0.25, -0.2) is 26.5 Å². The summed E-state index contributed by atoms with van der Waals surface area (Å²) in [6.07, 6.45) is 0. The van der Waals surface area contributed by atoms with Crippen LogP contribution in [0.15, 0.2) is 88.7 Å². The van der Waals surface area contributed by atoms with Crippen molar-refractivity contribution in [1.82, 2.24) is 34.9 Å². The summed E-state index contributed by atoms with van der Waals surface area (Å²) >= 11 is 0. The first-order chi connectivity index (χ1) is 23.9. The number of para-hydroxylation sites is 1. The average Bonchev–Trinajstić information content (AvgIpc) is 3.75. The third-order valence-electron chi connectivity index (χ3n) is 8.16. The average molecular weight is 718 g/mol. The van der Waals surface area contributed by atoms with Gasteiger partial charge in [0.1, 0.15) is 16.4 Å². The van der Waals surface area contributed by atoms with Crippen LogP contribution in [-0.4, -0.2) is 73.0 Å². The van der Waals surface area contributed by atoms with Crippen molar-refractivity contribution in [1.29, 1.82) is 0 Å². The van der Waals surface area contributed by atoms with Gasteiger partial charge in [-0.15, -0.1) is 10.2 Å². The van der Waals surface area contributed by atoms with Crippen LogP contribution in [0, 0.1) is 0 Å². The summed E-state index contributed by atoms with van der Waals surface area (Å²) in [5.74, 6) is 1.27. The largest absolute Gasteiger partial charge is 0.497 e. The van der Waals surface area contributed by atoms with Crippen molar-refractivity contribution in [2.75, 3.05) is 26.5 Å². The number of methoxy groups -OCH3 is 2. The molecule has 0 amide bonds. The van der Waals surface area contributed by atoms with Crippen LogP contribution < -0.4 is 25.7 Å². The maximum absolute atomic E-state index is 14.5. The number of nitrogens with zero attached hydrogens (tertiary/aromatic N) is 5. The van der Waals surface area contributed by atoms with Crippen molar-refractivity contribution in [3.63, 3.8) is 0 Å². The van der Waals surface area contributed by atoms with E-state index in [4.69, 9.17) is 20.9 Å². The number of imidazole rings is 1. The molecule has 0 unspecified atom stereocenters. The number of fused-ring (bicyclic) bond motifs is 1. The minimum absolute atomic E-state index is 0.0902. The number of nitrogens with one attached hydrogen (secondary N) is 2. The molecule has 17 heteroatoms. The fourth-order valence-corrected chi connectivity index (χ4v) is 8.70. The zero-order valence-electron chi connectivity index (χ0n) is 27.4. The van der Waals surface area contributed by atoms with Crippen molar-refractivity contribution in [2.24, 2.45) is 5.73 Å². The summed E-state index contributed by atoms with van der Waals surface area (Å²) in [4.78, 5) is 7.69. The predicted molar refractivity (Wildman–Crippen MR) is 188 cm³/mol. The van der Waals surface area contributed by atoms with Crippen molar-refractivity contribution >= 4 is 36.8 Å². The number of tetrazole rings is 1. The topological polar surface area (TPSA) is 223 Å². The molecule has 260 valence electrons. The highest BCUT2D eigenvalue weighted by Crippen LogP contribution is 2.42. The summed E-state index contributed by atoms with van der Waals surface area (Å²) in [5, 5.41) is 11.9. The third kappa shape index (κ3) is 6.75. The molecule has 0 bridgehead atoms. The quantitative estimate of drug-likeness (QED) is 0.135. The Labute approximate surface area is 288 Å². The zero-order chi connectivity index (χ0) is 35.6. The Morgan fingerprint density at radius 2 is 1.54 bits per heavy atom. The third-order valence-corrected chi connectivity index (χ3v) is 12.0. The fourth-order valence-electron chi connectivity index (χ4n) is 5.41. The van der Waals surface area contributed by atoms with Gasteiger partial charge in [-0.05, 0) is 65.2 Å². The second-order valence-corrected chi connectivity index (χ2v) is 15.4. The smallest absolute Gasteiger partial charge is 0.242 e. The number of nitrogens with two attached hydrogens (primary N) is 2. The number of anilines is 1. The van der Waals surface area contributed by atoms with Crippen molar-refractivity contribution in [2.45, 2.75) is 35.1 Å². The van der Waals surface area contributed by atoms with Gasteiger partial charge in [-0.3, -0.25) is 0 Å². The van der Waals surface area contributed by atoms with Gasteiger partial charge in [0.15, 0.2) is 15.8 Å². The Kier molecular flexibility index (Phi) is 9.57. The first-order valence-corrected chi connectivity index (χ1v) is 18.4. The number of aromatic amines is 1. The molecule has 0 saturated heterocycles. The standard InChI is InChI=1S/C33H35N9O6S2/c1-20(17-34)49(43,44)28-16-15-25(26-5-4-6-27-30(26)38-33(35)37-27)29(31(28)50(45,46)36-18-21-7-11-23(47-2)12-8-21)32-39-41-42(40-32)19-22-9-13-24(48-3)14-10-22/h4-16,20,36H,17-19,34H2,1-3H3,(H3,35,37,38)/t20-/m1/s1. The summed E-state index contributed by atoms with van der Waals surface area (Å²) in [7, 11) is -5.85. The second-order valence-electron chi connectivity index (χ2n) is 11.4. The van der Waals surface area contributed by atoms with Gasteiger partial charge in [0.2, 0.25) is 15.8 Å². The van der Waals surface area contributed by atoms with Gasteiger partial charge < -0.3 is 25.9 Å². The maximum Gasteiger partial charge on any atom is 0.242 e. The summed E-state index contributed by atoms with van der Waals surface area (Å²) in [6, 6.07) is 22.0. The first-order valence-electron chi connectivity index (χ1n) is 15.3. The summed E-state index contributed by atoms with van der Waals surface area (Å²) in [6.45, 7) is 1.18. The molecule has 2 aromatic heterocycles.